The van der Waals surface area contributed by atoms with Crippen LogP contribution in [0.15, 0.2) is 0 Å². The molecule has 18 heavy (non-hydrogen) atoms. The number of carboxylic acids is 1. The first-order valence-electron chi connectivity index (χ1n) is 6.68. The van der Waals surface area contributed by atoms with Gasteiger partial charge in [0.2, 0.25) is 0 Å². The van der Waals surface area contributed by atoms with Crippen molar-refractivity contribution in [3.63, 3.8) is 0 Å². The van der Waals surface area contributed by atoms with Crippen molar-refractivity contribution in [3.8, 4) is 0 Å². The van der Waals surface area contributed by atoms with Gasteiger partial charge in [0.05, 0.1) is 0 Å². The van der Waals surface area contributed by atoms with E-state index in [0.717, 1.165) is 25.1 Å². The Bertz CT molecular complexity index is 399. The van der Waals surface area contributed by atoms with Crippen molar-refractivity contribution < 1.29 is 9.90 Å². The van der Waals surface area contributed by atoms with Crippen molar-refractivity contribution in [1.82, 2.24) is 20.2 Å². The number of aliphatic carboxylic acids is 1. The second-order valence-electron chi connectivity index (χ2n) is 5.07. The van der Waals surface area contributed by atoms with Crippen LogP contribution in [0.2, 0.25) is 0 Å². The lowest BCUT2D eigenvalue weighted by atomic mass is 10.0. The van der Waals surface area contributed by atoms with E-state index < -0.39 is 5.97 Å². The van der Waals surface area contributed by atoms with E-state index in [1.54, 1.807) is 0 Å². The molecule has 1 aliphatic carbocycles. The number of rotatable bonds is 6. The lowest BCUT2D eigenvalue weighted by molar-refractivity contribution is -0.138. The molecule has 6 heteroatoms. The molecule has 2 rings (SSSR count). The van der Waals surface area contributed by atoms with E-state index in [1.165, 1.54) is 12.8 Å². The van der Waals surface area contributed by atoms with E-state index in [2.05, 4.69) is 15.5 Å². The summed E-state index contributed by atoms with van der Waals surface area (Å²) in [6.45, 7) is 2.62. The number of carbonyl (C=O) groups is 1. The van der Waals surface area contributed by atoms with Crippen LogP contribution in [0.5, 0.6) is 0 Å². The van der Waals surface area contributed by atoms with Crippen molar-refractivity contribution in [2.24, 2.45) is 5.92 Å². The molecule has 0 amide bonds. The van der Waals surface area contributed by atoms with Crippen LogP contribution in [0.4, 0.5) is 0 Å². The van der Waals surface area contributed by atoms with Gasteiger partial charge in [0.15, 0.2) is 5.82 Å². The SMILES string of the molecule is CCC(CC(=O)O)Cn1nnnc1C1CCCC1. The van der Waals surface area contributed by atoms with Crippen LogP contribution in [0.25, 0.3) is 0 Å². The van der Waals surface area contributed by atoms with Crippen molar-refractivity contribution in [1.29, 1.82) is 0 Å². The number of carboxylic acid groups (broad SMARTS) is 1. The Morgan fingerprint density at radius 2 is 2.22 bits per heavy atom. The molecule has 0 aromatic carbocycles. The number of hydrogen-bond acceptors (Lipinski definition) is 4. The molecule has 1 aliphatic rings. The number of hydrogen-bond donors (Lipinski definition) is 1. The molecule has 1 heterocycles. The molecule has 1 aromatic rings. The Labute approximate surface area is 106 Å². The molecule has 1 saturated carbocycles. The predicted octanol–water partition coefficient (Wildman–Crippen LogP) is 1.83. The maximum atomic E-state index is 10.8. The average Bonchev–Trinajstić information content (AvgIpc) is 2.96. The first-order valence-corrected chi connectivity index (χ1v) is 6.68. The number of tetrazole rings is 1. The van der Waals surface area contributed by atoms with Crippen molar-refractivity contribution in [2.75, 3.05) is 0 Å². The molecule has 1 aromatic heterocycles. The summed E-state index contributed by atoms with van der Waals surface area (Å²) in [5, 5.41) is 20.7. The lowest BCUT2D eigenvalue weighted by Gasteiger charge is -2.15. The Hall–Kier alpha value is -1.46. The monoisotopic (exact) mass is 252 g/mol. The maximum Gasteiger partial charge on any atom is 0.303 e. The molecule has 1 fully saturated rings. The maximum absolute atomic E-state index is 10.8. The molecule has 1 atom stereocenters. The number of nitrogens with zero attached hydrogens (tertiary/aromatic N) is 4. The fraction of sp³-hybridized carbons (Fsp3) is 0.833. The van der Waals surface area contributed by atoms with E-state index in [-0.39, 0.29) is 12.3 Å². The molecule has 0 saturated heterocycles. The van der Waals surface area contributed by atoms with Gasteiger partial charge in [0, 0.05) is 18.9 Å². The summed E-state index contributed by atoms with van der Waals surface area (Å²) in [6, 6.07) is 0. The summed E-state index contributed by atoms with van der Waals surface area (Å²) < 4.78 is 1.81. The molecular weight excluding hydrogens is 232 g/mol. The quantitative estimate of drug-likeness (QED) is 0.835. The van der Waals surface area contributed by atoms with Crippen molar-refractivity contribution in [3.05, 3.63) is 5.82 Å². The van der Waals surface area contributed by atoms with Crippen LogP contribution < -0.4 is 0 Å². The standard InChI is InChI=1S/C12H20N4O2/c1-2-9(7-11(17)18)8-16-12(13-14-15-16)10-5-3-4-6-10/h9-10H,2-8H2,1H3,(H,17,18). The van der Waals surface area contributed by atoms with E-state index in [9.17, 15) is 4.79 Å². The summed E-state index contributed by atoms with van der Waals surface area (Å²) in [6.07, 6.45) is 5.79. The highest BCUT2D eigenvalue weighted by molar-refractivity contribution is 5.66. The second-order valence-corrected chi connectivity index (χ2v) is 5.07. The minimum absolute atomic E-state index is 0.103. The van der Waals surface area contributed by atoms with Crippen LogP contribution in [0.1, 0.15) is 57.2 Å². The minimum Gasteiger partial charge on any atom is -0.481 e. The Balaban J connectivity index is 2.03. The fourth-order valence-electron chi connectivity index (χ4n) is 2.65. The van der Waals surface area contributed by atoms with E-state index in [4.69, 9.17) is 5.11 Å². The Morgan fingerprint density at radius 1 is 1.50 bits per heavy atom. The van der Waals surface area contributed by atoms with E-state index in [0.29, 0.717) is 12.5 Å². The largest absolute Gasteiger partial charge is 0.481 e. The van der Waals surface area contributed by atoms with Crippen molar-refractivity contribution >= 4 is 5.97 Å². The first kappa shape index (κ1) is 13.0. The van der Waals surface area contributed by atoms with Crippen LogP contribution in [-0.4, -0.2) is 31.3 Å². The Kier molecular flexibility index (Phi) is 4.28. The minimum atomic E-state index is -0.752. The highest BCUT2D eigenvalue weighted by Crippen LogP contribution is 2.32. The summed E-state index contributed by atoms with van der Waals surface area (Å²) >= 11 is 0. The normalized spacial score (nSPS) is 18.1. The highest BCUT2D eigenvalue weighted by atomic mass is 16.4. The third-order valence-electron chi connectivity index (χ3n) is 3.75. The smallest absolute Gasteiger partial charge is 0.303 e. The van der Waals surface area contributed by atoms with Gasteiger partial charge in [-0.1, -0.05) is 26.2 Å². The molecule has 1 N–H and O–H groups in total. The molecular formula is C12H20N4O2. The van der Waals surface area contributed by atoms with Gasteiger partial charge in [-0.3, -0.25) is 4.79 Å². The van der Waals surface area contributed by atoms with Crippen LogP contribution in [0, 0.1) is 5.92 Å². The van der Waals surface area contributed by atoms with Crippen LogP contribution in [0.3, 0.4) is 0 Å². The van der Waals surface area contributed by atoms with Gasteiger partial charge >= 0.3 is 5.97 Å². The van der Waals surface area contributed by atoms with Gasteiger partial charge in [0.25, 0.3) is 0 Å². The van der Waals surface area contributed by atoms with Gasteiger partial charge in [-0.15, -0.1) is 5.10 Å². The summed E-state index contributed by atoms with van der Waals surface area (Å²) in [5.41, 5.74) is 0. The summed E-state index contributed by atoms with van der Waals surface area (Å²) in [5.74, 6) is 0.752. The first-order chi connectivity index (χ1) is 8.70. The average molecular weight is 252 g/mol. The highest BCUT2D eigenvalue weighted by Gasteiger charge is 2.24. The van der Waals surface area contributed by atoms with Crippen LogP contribution in [-0.2, 0) is 11.3 Å². The number of aromatic nitrogens is 4. The molecule has 0 aliphatic heterocycles. The molecule has 0 radical (unpaired) electrons. The molecule has 0 bridgehead atoms. The van der Waals surface area contributed by atoms with E-state index >= 15 is 0 Å². The topological polar surface area (TPSA) is 80.9 Å². The fourth-order valence-corrected chi connectivity index (χ4v) is 2.65. The third kappa shape index (κ3) is 3.05. The molecule has 100 valence electrons. The van der Waals surface area contributed by atoms with Gasteiger partial charge < -0.3 is 5.11 Å². The lowest BCUT2D eigenvalue weighted by Crippen LogP contribution is -2.18. The summed E-state index contributed by atoms with van der Waals surface area (Å²) in [4.78, 5) is 10.8. The molecule has 0 spiro atoms. The van der Waals surface area contributed by atoms with Gasteiger partial charge in [-0.25, -0.2) is 4.68 Å². The van der Waals surface area contributed by atoms with Crippen molar-refractivity contribution in [2.45, 2.75) is 57.9 Å². The van der Waals surface area contributed by atoms with Gasteiger partial charge in [-0.2, -0.15) is 0 Å². The summed E-state index contributed by atoms with van der Waals surface area (Å²) in [7, 11) is 0. The van der Waals surface area contributed by atoms with Gasteiger partial charge in [0.1, 0.15) is 0 Å². The van der Waals surface area contributed by atoms with Crippen LogP contribution >= 0.6 is 0 Å². The zero-order chi connectivity index (χ0) is 13.0. The third-order valence-corrected chi connectivity index (χ3v) is 3.75. The second kappa shape index (κ2) is 5.93. The molecule has 1 unspecified atom stereocenters. The zero-order valence-corrected chi connectivity index (χ0v) is 10.7. The Morgan fingerprint density at radius 3 is 2.83 bits per heavy atom. The predicted molar refractivity (Wildman–Crippen MR) is 65.1 cm³/mol. The molecule has 6 nitrogen and oxygen atoms in total. The van der Waals surface area contributed by atoms with Gasteiger partial charge in [-0.05, 0) is 29.2 Å². The van der Waals surface area contributed by atoms with E-state index in [1.807, 2.05) is 11.6 Å². The zero-order valence-electron chi connectivity index (χ0n) is 10.7.